The lowest BCUT2D eigenvalue weighted by molar-refractivity contribution is 0.145. The van der Waals surface area contributed by atoms with Crippen LogP contribution in [0.4, 0.5) is 8.78 Å². The second-order valence-electron chi connectivity index (χ2n) is 2.40. The van der Waals surface area contributed by atoms with E-state index in [-0.39, 0.29) is 22.2 Å². The van der Waals surface area contributed by atoms with Crippen LogP contribution in [0.5, 0.6) is 0 Å². The van der Waals surface area contributed by atoms with E-state index in [4.69, 9.17) is 5.26 Å². The Hall–Kier alpha value is -0.290. The first-order valence-corrected chi connectivity index (χ1v) is 5.73. The average molecular weight is 373 g/mol. The highest BCUT2D eigenvalue weighted by Crippen LogP contribution is 2.26. The van der Waals surface area contributed by atoms with Gasteiger partial charge in [-0.1, -0.05) is 15.9 Å². The number of pyridine rings is 1. The molecular weight excluding hydrogens is 369 g/mol. The van der Waals surface area contributed by atoms with Crippen LogP contribution in [0.15, 0.2) is 6.07 Å². The van der Waals surface area contributed by atoms with Crippen LogP contribution in [0.2, 0.25) is 0 Å². The van der Waals surface area contributed by atoms with Crippen molar-refractivity contribution in [3.8, 4) is 6.07 Å². The Kier molecular flexibility index (Phi) is 4.19. The zero-order valence-corrected chi connectivity index (χ0v) is 10.5. The predicted molar refractivity (Wildman–Crippen MR) is 59.3 cm³/mol. The third kappa shape index (κ3) is 2.39. The summed E-state index contributed by atoms with van der Waals surface area (Å²) in [4.78, 5) is 3.71. The van der Waals surface area contributed by atoms with Crippen LogP contribution >= 0.6 is 38.5 Å². The molecule has 0 aromatic carbocycles. The van der Waals surface area contributed by atoms with Crippen molar-refractivity contribution in [2.24, 2.45) is 0 Å². The number of nitrogens with zero attached hydrogens (tertiary/aromatic N) is 2. The number of nitriles is 1. The van der Waals surface area contributed by atoms with Gasteiger partial charge in [0.05, 0.1) is 11.6 Å². The van der Waals surface area contributed by atoms with Gasteiger partial charge in [0, 0.05) is 10.9 Å². The maximum atomic E-state index is 12.5. The molecule has 0 unspecified atom stereocenters. The van der Waals surface area contributed by atoms with Crippen molar-refractivity contribution in [2.75, 3.05) is 0 Å². The number of rotatable bonds is 2. The van der Waals surface area contributed by atoms with Gasteiger partial charge in [0.1, 0.15) is 9.39 Å². The smallest absolute Gasteiger partial charge is 0.240 e. The van der Waals surface area contributed by atoms with Crippen molar-refractivity contribution in [3.63, 3.8) is 0 Å². The van der Waals surface area contributed by atoms with Gasteiger partial charge in [-0.3, -0.25) is 0 Å². The molecule has 0 bridgehead atoms. The number of alkyl halides is 3. The lowest BCUT2D eigenvalue weighted by Gasteiger charge is -2.07. The molecule has 0 fully saturated rings. The summed E-state index contributed by atoms with van der Waals surface area (Å²) in [6, 6.07) is 3.36. The predicted octanol–water partition coefficient (Wildman–Crippen LogP) is 3.39. The molecule has 74 valence electrons. The van der Waals surface area contributed by atoms with Crippen LogP contribution in [0.1, 0.15) is 23.2 Å². The average Bonchev–Trinajstić information content (AvgIpc) is 2.16. The summed E-state index contributed by atoms with van der Waals surface area (Å²) in [6.45, 7) is 0. The minimum Gasteiger partial charge on any atom is -0.240 e. The van der Waals surface area contributed by atoms with Crippen LogP contribution < -0.4 is 0 Å². The standard InChI is InChI=1S/C8H4BrF2IN2/c9-2-5-4(3-13)1-6(12)14-7(5)8(10)11/h1,8H,2H2. The van der Waals surface area contributed by atoms with Crippen molar-refractivity contribution in [1.29, 1.82) is 5.26 Å². The fourth-order valence-electron chi connectivity index (χ4n) is 0.980. The summed E-state index contributed by atoms with van der Waals surface area (Å²) >= 11 is 4.88. The van der Waals surface area contributed by atoms with Gasteiger partial charge in [0.2, 0.25) is 0 Å². The lowest BCUT2D eigenvalue weighted by Crippen LogP contribution is -2.02. The molecule has 1 rings (SSSR count). The summed E-state index contributed by atoms with van der Waals surface area (Å²) in [5, 5.41) is 8.94. The second-order valence-corrected chi connectivity index (χ2v) is 4.07. The van der Waals surface area contributed by atoms with Crippen molar-refractivity contribution < 1.29 is 8.78 Å². The topological polar surface area (TPSA) is 36.7 Å². The van der Waals surface area contributed by atoms with Crippen molar-refractivity contribution >= 4 is 38.5 Å². The molecule has 0 saturated heterocycles. The first-order valence-electron chi connectivity index (χ1n) is 3.53. The Bertz CT molecular complexity index is 390. The molecule has 1 heterocycles. The molecule has 6 heteroatoms. The van der Waals surface area contributed by atoms with Gasteiger partial charge >= 0.3 is 0 Å². The number of hydrogen-bond acceptors (Lipinski definition) is 2. The van der Waals surface area contributed by atoms with E-state index in [1.165, 1.54) is 6.07 Å². The monoisotopic (exact) mass is 372 g/mol. The molecule has 1 aromatic heterocycles. The summed E-state index contributed by atoms with van der Waals surface area (Å²) in [5.41, 5.74) is 0.199. The van der Waals surface area contributed by atoms with Gasteiger partial charge < -0.3 is 0 Å². The van der Waals surface area contributed by atoms with E-state index in [0.717, 1.165) is 0 Å². The third-order valence-corrected chi connectivity index (χ3v) is 2.70. The van der Waals surface area contributed by atoms with Gasteiger partial charge in [-0.15, -0.1) is 0 Å². The molecule has 14 heavy (non-hydrogen) atoms. The van der Waals surface area contributed by atoms with E-state index in [0.29, 0.717) is 3.70 Å². The van der Waals surface area contributed by atoms with Crippen molar-refractivity contribution in [2.45, 2.75) is 11.8 Å². The molecular formula is C8H4BrF2IN2. The molecule has 0 radical (unpaired) electrons. The molecule has 1 aromatic rings. The van der Waals surface area contributed by atoms with Crippen LogP contribution in [0.3, 0.4) is 0 Å². The normalized spacial score (nSPS) is 10.3. The highest BCUT2D eigenvalue weighted by Gasteiger charge is 2.18. The first-order chi connectivity index (χ1) is 6.60. The summed E-state index contributed by atoms with van der Waals surface area (Å²) in [5.74, 6) is 0. The fourth-order valence-corrected chi connectivity index (χ4v) is 2.14. The van der Waals surface area contributed by atoms with Crippen LogP contribution in [0, 0.1) is 15.0 Å². The van der Waals surface area contributed by atoms with E-state index < -0.39 is 6.43 Å². The van der Waals surface area contributed by atoms with Crippen molar-refractivity contribution in [3.05, 3.63) is 26.6 Å². The first kappa shape index (κ1) is 11.8. The Balaban J connectivity index is 3.41. The van der Waals surface area contributed by atoms with E-state index in [1.54, 1.807) is 0 Å². The van der Waals surface area contributed by atoms with E-state index >= 15 is 0 Å². The Morgan fingerprint density at radius 2 is 2.29 bits per heavy atom. The highest BCUT2D eigenvalue weighted by atomic mass is 127. The molecule has 0 aliphatic rings. The summed E-state index contributed by atoms with van der Waals surface area (Å²) < 4.78 is 25.4. The highest BCUT2D eigenvalue weighted by molar-refractivity contribution is 14.1. The zero-order valence-electron chi connectivity index (χ0n) is 6.77. The molecule has 0 aliphatic carbocycles. The van der Waals surface area contributed by atoms with E-state index in [2.05, 4.69) is 20.9 Å². The maximum absolute atomic E-state index is 12.5. The van der Waals surface area contributed by atoms with Crippen LogP contribution in [-0.4, -0.2) is 4.98 Å². The third-order valence-electron chi connectivity index (χ3n) is 1.59. The zero-order chi connectivity index (χ0) is 10.7. The minimum atomic E-state index is -2.65. The van der Waals surface area contributed by atoms with Gasteiger partial charge in [-0.2, -0.15) is 5.26 Å². The maximum Gasteiger partial charge on any atom is 0.280 e. The molecule has 0 aliphatic heterocycles. The summed E-state index contributed by atoms with van der Waals surface area (Å²) in [6.07, 6.45) is -2.65. The second kappa shape index (κ2) is 4.98. The Labute approximate surface area is 102 Å². The van der Waals surface area contributed by atoms with Gasteiger partial charge in [0.25, 0.3) is 6.43 Å². The fraction of sp³-hybridized carbons (Fsp3) is 0.250. The van der Waals surface area contributed by atoms with E-state index in [9.17, 15) is 8.78 Å². The molecule has 0 N–H and O–H groups in total. The Morgan fingerprint density at radius 1 is 1.64 bits per heavy atom. The number of halogens is 4. The largest absolute Gasteiger partial charge is 0.280 e. The molecule has 0 amide bonds. The molecule has 0 saturated carbocycles. The van der Waals surface area contributed by atoms with Crippen LogP contribution in [0.25, 0.3) is 0 Å². The SMILES string of the molecule is N#Cc1cc(I)nc(C(F)F)c1CBr. The Morgan fingerprint density at radius 3 is 2.71 bits per heavy atom. The quantitative estimate of drug-likeness (QED) is 0.453. The van der Waals surface area contributed by atoms with Crippen LogP contribution in [-0.2, 0) is 5.33 Å². The van der Waals surface area contributed by atoms with Gasteiger partial charge in [0.15, 0.2) is 0 Å². The van der Waals surface area contributed by atoms with Gasteiger partial charge in [-0.05, 0) is 28.7 Å². The van der Waals surface area contributed by atoms with Gasteiger partial charge in [-0.25, -0.2) is 13.8 Å². The molecule has 0 atom stereocenters. The molecule has 2 nitrogen and oxygen atoms in total. The van der Waals surface area contributed by atoms with E-state index in [1.807, 2.05) is 28.7 Å². The summed E-state index contributed by atoms with van der Waals surface area (Å²) in [7, 11) is 0. The number of hydrogen-bond donors (Lipinski definition) is 0. The number of aromatic nitrogens is 1. The minimum absolute atomic E-state index is 0.208. The van der Waals surface area contributed by atoms with Crippen molar-refractivity contribution in [1.82, 2.24) is 4.98 Å². The lowest BCUT2D eigenvalue weighted by atomic mass is 10.1. The molecule has 0 spiro atoms.